The number of pyridine rings is 1. The van der Waals surface area contributed by atoms with Gasteiger partial charge in [-0.15, -0.1) is 0 Å². The normalized spacial score (nSPS) is 33.7. The highest BCUT2D eigenvalue weighted by molar-refractivity contribution is 6.03. The molecule has 4 rings (SSSR count). The Kier molecular flexibility index (Phi) is 3.37. The van der Waals surface area contributed by atoms with Crippen molar-refractivity contribution >= 4 is 17.5 Å². The molecule has 2 N–H and O–H groups in total. The van der Waals surface area contributed by atoms with Crippen LogP contribution in [0.15, 0.2) is 18.3 Å². The Labute approximate surface area is 135 Å². The summed E-state index contributed by atoms with van der Waals surface area (Å²) in [5, 5.41) is 5.98. The van der Waals surface area contributed by atoms with Gasteiger partial charge in [-0.05, 0) is 44.9 Å². The maximum Gasteiger partial charge on any atom is 0.238 e. The number of carbonyl (C=O) groups excluding carboxylic acids is 2. The summed E-state index contributed by atoms with van der Waals surface area (Å²) in [7, 11) is 0. The van der Waals surface area contributed by atoms with Gasteiger partial charge in [0.05, 0.1) is 23.0 Å². The lowest BCUT2D eigenvalue weighted by Crippen LogP contribution is -2.50. The van der Waals surface area contributed by atoms with Gasteiger partial charge in [-0.25, -0.2) is 0 Å². The molecule has 0 bridgehead atoms. The summed E-state index contributed by atoms with van der Waals surface area (Å²) in [6.45, 7) is 4.00. The Bertz CT molecular complexity index is 644. The quantitative estimate of drug-likeness (QED) is 0.787. The van der Waals surface area contributed by atoms with E-state index in [9.17, 15) is 9.59 Å². The number of rotatable bonds is 2. The van der Waals surface area contributed by atoms with Crippen LogP contribution in [0, 0.1) is 0 Å². The fraction of sp³-hybridized carbons (Fsp3) is 0.588. The molecule has 6 nitrogen and oxygen atoms in total. The first-order chi connectivity index (χ1) is 11.1. The van der Waals surface area contributed by atoms with Crippen LogP contribution in [-0.2, 0) is 15.0 Å². The fourth-order valence-electron chi connectivity index (χ4n) is 4.12. The van der Waals surface area contributed by atoms with Crippen molar-refractivity contribution in [3.05, 3.63) is 24.0 Å². The smallest absolute Gasteiger partial charge is 0.238 e. The van der Waals surface area contributed by atoms with Gasteiger partial charge in [-0.3, -0.25) is 19.9 Å². The SMILES string of the molecule is C[C@]1(c2ccc(N3CC[C@@H]4NCC[C@@H]43)cn2)CCC(=O)NC1=O. The molecule has 122 valence electrons. The van der Waals surface area contributed by atoms with E-state index < -0.39 is 5.41 Å². The summed E-state index contributed by atoms with van der Waals surface area (Å²) in [4.78, 5) is 30.6. The number of hydrogen-bond acceptors (Lipinski definition) is 5. The van der Waals surface area contributed by atoms with Crippen LogP contribution in [0.25, 0.3) is 0 Å². The van der Waals surface area contributed by atoms with Crippen LogP contribution in [0.2, 0.25) is 0 Å². The third-order valence-corrected chi connectivity index (χ3v) is 5.64. The predicted molar refractivity (Wildman–Crippen MR) is 86.1 cm³/mol. The molecule has 0 saturated carbocycles. The lowest BCUT2D eigenvalue weighted by atomic mass is 9.78. The number of nitrogens with one attached hydrogen (secondary N) is 2. The van der Waals surface area contributed by atoms with Crippen LogP contribution in [0.4, 0.5) is 5.69 Å². The van der Waals surface area contributed by atoms with Gasteiger partial charge in [0.15, 0.2) is 0 Å². The van der Waals surface area contributed by atoms with Crippen molar-refractivity contribution in [1.82, 2.24) is 15.6 Å². The van der Waals surface area contributed by atoms with Crippen molar-refractivity contribution in [3.63, 3.8) is 0 Å². The number of fused-ring (bicyclic) bond motifs is 1. The molecule has 3 atom stereocenters. The zero-order chi connectivity index (χ0) is 16.0. The molecule has 1 aromatic rings. The molecule has 3 saturated heterocycles. The molecule has 4 heterocycles. The van der Waals surface area contributed by atoms with Gasteiger partial charge >= 0.3 is 0 Å². The second-order valence-electron chi connectivity index (χ2n) is 7.01. The number of aromatic nitrogens is 1. The molecule has 0 aromatic carbocycles. The van der Waals surface area contributed by atoms with Crippen LogP contribution in [0.3, 0.4) is 0 Å². The zero-order valence-corrected chi connectivity index (χ0v) is 13.3. The molecular formula is C17H22N4O2. The maximum absolute atomic E-state index is 12.2. The van der Waals surface area contributed by atoms with E-state index in [4.69, 9.17) is 0 Å². The molecule has 1 aromatic heterocycles. The second kappa shape index (κ2) is 5.30. The van der Waals surface area contributed by atoms with Crippen molar-refractivity contribution in [2.75, 3.05) is 18.0 Å². The number of anilines is 1. The Balaban J connectivity index is 1.56. The Hall–Kier alpha value is -1.95. The van der Waals surface area contributed by atoms with Gasteiger partial charge in [0.2, 0.25) is 11.8 Å². The highest BCUT2D eigenvalue weighted by Gasteiger charge is 2.42. The minimum Gasteiger partial charge on any atom is -0.366 e. The van der Waals surface area contributed by atoms with Gasteiger partial charge in [0, 0.05) is 25.0 Å². The summed E-state index contributed by atoms with van der Waals surface area (Å²) >= 11 is 0. The van der Waals surface area contributed by atoms with E-state index in [1.807, 2.05) is 19.2 Å². The first-order valence-corrected chi connectivity index (χ1v) is 8.39. The number of nitrogens with zero attached hydrogens (tertiary/aromatic N) is 2. The second-order valence-corrected chi connectivity index (χ2v) is 7.01. The van der Waals surface area contributed by atoms with E-state index in [1.54, 1.807) is 0 Å². The molecule has 2 amide bonds. The van der Waals surface area contributed by atoms with Crippen molar-refractivity contribution < 1.29 is 9.59 Å². The van der Waals surface area contributed by atoms with Crippen LogP contribution >= 0.6 is 0 Å². The first kappa shape index (κ1) is 14.6. The molecule has 3 aliphatic rings. The summed E-state index contributed by atoms with van der Waals surface area (Å²) in [5.74, 6) is -0.434. The van der Waals surface area contributed by atoms with Gasteiger partial charge in [-0.1, -0.05) is 0 Å². The van der Waals surface area contributed by atoms with Crippen molar-refractivity contribution in [3.8, 4) is 0 Å². The minimum absolute atomic E-state index is 0.194. The van der Waals surface area contributed by atoms with Crippen LogP contribution < -0.4 is 15.5 Å². The Morgan fingerprint density at radius 2 is 2.17 bits per heavy atom. The molecule has 0 aliphatic carbocycles. The lowest BCUT2D eigenvalue weighted by Gasteiger charge is -2.31. The monoisotopic (exact) mass is 314 g/mol. The maximum atomic E-state index is 12.2. The van der Waals surface area contributed by atoms with Gasteiger partial charge in [0.25, 0.3) is 0 Å². The summed E-state index contributed by atoms with van der Waals surface area (Å²) in [5.41, 5.74) is 1.15. The molecular weight excluding hydrogens is 292 g/mol. The molecule has 3 aliphatic heterocycles. The first-order valence-electron chi connectivity index (χ1n) is 8.39. The summed E-state index contributed by atoms with van der Waals surface area (Å²) in [6.07, 6.45) is 5.11. The molecule has 0 radical (unpaired) electrons. The number of carbonyl (C=O) groups is 2. The standard InChI is InChI=1S/C17H22N4O2/c1-17(7-4-15(22)20-16(17)23)14-3-2-11(10-19-14)21-9-6-12-13(21)5-8-18-12/h2-3,10,12-13,18H,4-9H2,1H3,(H,20,22,23)/t12-,13-,17+/m0/s1. The third-order valence-electron chi connectivity index (χ3n) is 5.64. The van der Waals surface area contributed by atoms with Gasteiger partial charge in [0.1, 0.15) is 0 Å². The van der Waals surface area contributed by atoms with Crippen LogP contribution in [-0.4, -0.2) is 42.0 Å². The van der Waals surface area contributed by atoms with Gasteiger partial charge < -0.3 is 10.2 Å². The van der Waals surface area contributed by atoms with Crippen molar-refractivity contribution in [2.24, 2.45) is 0 Å². The highest BCUT2D eigenvalue weighted by Crippen LogP contribution is 2.34. The number of piperidine rings is 1. The minimum atomic E-state index is -0.713. The van der Waals surface area contributed by atoms with E-state index >= 15 is 0 Å². The lowest BCUT2D eigenvalue weighted by molar-refractivity contribution is -0.137. The van der Waals surface area contributed by atoms with E-state index in [2.05, 4.69) is 26.6 Å². The van der Waals surface area contributed by atoms with E-state index in [-0.39, 0.29) is 11.8 Å². The number of imide groups is 1. The average molecular weight is 314 g/mol. The average Bonchev–Trinajstić information content (AvgIpc) is 3.15. The highest BCUT2D eigenvalue weighted by atomic mass is 16.2. The Morgan fingerprint density at radius 3 is 2.91 bits per heavy atom. The molecule has 0 unspecified atom stereocenters. The molecule has 0 spiro atoms. The van der Waals surface area contributed by atoms with Gasteiger partial charge in [-0.2, -0.15) is 0 Å². The zero-order valence-electron chi connectivity index (χ0n) is 13.3. The van der Waals surface area contributed by atoms with Crippen LogP contribution in [0.1, 0.15) is 38.3 Å². The van der Waals surface area contributed by atoms with E-state index in [1.165, 1.54) is 12.8 Å². The summed E-state index contributed by atoms with van der Waals surface area (Å²) in [6, 6.07) is 5.18. The topological polar surface area (TPSA) is 74.3 Å². The molecule has 3 fully saturated rings. The third kappa shape index (κ3) is 2.32. The van der Waals surface area contributed by atoms with E-state index in [0.717, 1.165) is 24.5 Å². The van der Waals surface area contributed by atoms with E-state index in [0.29, 0.717) is 24.9 Å². The molecule has 6 heteroatoms. The largest absolute Gasteiger partial charge is 0.366 e. The Morgan fingerprint density at radius 1 is 1.30 bits per heavy atom. The number of hydrogen-bond donors (Lipinski definition) is 2. The fourth-order valence-corrected chi connectivity index (χ4v) is 4.12. The predicted octanol–water partition coefficient (Wildman–Crippen LogP) is 0.717. The number of amides is 2. The van der Waals surface area contributed by atoms with Crippen LogP contribution in [0.5, 0.6) is 0 Å². The van der Waals surface area contributed by atoms with Crippen molar-refractivity contribution in [2.45, 2.75) is 50.1 Å². The summed E-state index contributed by atoms with van der Waals surface area (Å²) < 4.78 is 0. The van der Waals surface area contributed by atoms with Crippen molar-refractivity contribution in [1.29, 1.82) is 0 Å². The molecule has 23 heavy (non-hydrogen) atoms.